The number of aromatic nitrogens is 3. The summed E-state index contributed by atoms with van der Waals surface area (Å²) in [6, 6.07) is 0. The minimum atomic E-state index is 0.804. The van der Waals surface area contributed by atoms with E-state index in [9.17, 15) is 0 Å². The van der Waals surface area contributed by atoms with Crippen molar-refractivity contribution >= 4 is 26.8 Å². The van der Waals surface area contributed by atoms with Crippen LogP contribution in [-0.2, 0) is 7.05 Å². The van der Waals surface area contributed by atoms with E-state index in [1.807, 2.05) is 23.1 Å². The highest BCUT2D eigenvalue weighted by molar-refractivity contribution is 7.22. The topological polar surface area (TPSA) is 37.2 Å². The summed E-state index contributed by atoms with van der Waals surface area (Å²) in [5, 5.41) is 5.65. The van der Waals surface area contributed by atoms with Gasteiger partial charge in [-0.05, 0) is 51.6 Å². The highest BCUT2D eigenvalue weighted by Crippen LogP contribution is 2.33. The monoisotopic (exact) mass is 319 g/mol. The lowest BCUT2D eigenvalue weighted by Gasteiger charge is -2.34. The van der Waals surface area contributed by atoms with Gasteiger partial charge in [0.05, 0.1) is 10.4 Å². The van der Waals surface area contributed by atoms with Gasteiger partial charge in [-0.1, -0.05) is 11.3 Å². The maximum atomic E-state index is 4.85. The summed E-state index contributed by atoms with van der Waals surface area (Å²) >= 11 is 1.81. The van der Waals surface area contributed by atoms with Crippen LogP contribution in [-0.4, -0.2) is 52.4 Å². The molecule has 0 N–H and O–H groups in total. The van der Waals surface area contributed by atoms with Gasteiger partial charge in [-0.3, -0.25) is 0 Å². The Morgan fingerprint density at radius 3 is 2.77 bits per heavy atom. The SMILES string of the molecule is Cc1nn(C)c2nc(N3CCCC(CN4CCCC4)C3)sc12. The van der Waals surface area contributed by atoms with Gasteiger partial charge in [0, 0.05) is 26.7 Å². The maximum absolute atomic E-state index is 4.85. The minimum Gasteiger partial charge on any atom is -0.348 e. The normalized spacial score (nSPS) is 23.7. The molecule has 2 saturated heterocycles. The number of fused-ring (bicyclic) bond motifs is 1. The fourth-order valence-corrected chi connectivity index (χ4v) is 4.99. The van der Waals surface area contributed by atoms with Gasteiger partial charge >= 0.3 is 0 Å². The first-order valence-corrected chi connectivity index (χ1v) is 9.30. The molecule has 6 heteroatoms. The lowest BCUT2D eigenvalue weighted by Crippen LogP contribution is -2.40. The molecule has 4 heterocycles. The molecule has 2 aromatic heterocycles. The first-order valence-electron chi connectivity index (χ1n) is 8.48. The number of nitrogens with zero attached hydrogens (tertiary/aromatic N) is 5. The highest BCUT2D eigenvalue weighted by Gasteiger charge is 2.26. The van der Waals surface area contributed by atoms with E-state index in [0.717, 1.165) is 23.8 Å². The maximum Gasteiger partial charge on any atom is 0.188 e. The molecule has 4 rings (SSSR count). The lowest BCUT2D eigenvalue weighted by atomic mass is 9.98. The molecule has 5 nitrogen and oxygen atoms in total. The smallest absolute Gasteiger partial charge is 0.188 e. The average molecular weight is 319 g/mol. The molecule has 22 heavy (non-hydrogen) atoms. The molecule has 0 saturated carbocycles. The summed E-state index contributed by atoms with van der Waals surface area (Å²) < 4.78 is 3.16. The van der Waals surface area contributed by atoms with E-state index in [1.165, 1.54) is 61.7 Å². The standard InChI is InChI=1S/C16H25N5S/c1-12-14-15(19(2)18-12)17-16(22-14)21-9-5-6-13(11-21)10-20-7-3-4-8-20/h13H,3-11H2,1-2H3. The van der Waals surface area contributed by atoms with Crippen molar-refractivity contribution in [2.75, 3.05) is 37.6 Å². The molecule has 2 aliphatic rings. The Labute approximate surface area is 135 Å². The Kier molecular flexibility index (Phi) is 3.82. The van der Waals surface area contributed by atoms with Crippen LogP contribution in [0.3, 0.4) is 0 Å². The highest BCUT2D eigenvalue weighted by atomic mass is 32.1. The predicted octanol–water partition coefficient (Wildman–Crippen LogP) is 2.65. The molecule has 120 valence electrons. The van der Waals surface area contributed by atoms with Gasteiger partial charge < -0.3 is 9.80 Å². The minimum absolute atomic E-state index is 0.804. The van der Waals surface area contributed by atoms with E-state index in [0.29, 0.717) is 0 Å². The number of hydrogen-bond donors (Lipinski definition) is 0. The van der Waals surface area contributed by atoms with Gasteiger partial charge in [-0.15, -0.1) is 0 Å². The third kappa shape index (κ3) is 2.63. The molecule has 0 amide bonds. The summed E-state index contributed by atoms with van der Waals surface area (Å²) in [5.74, 6) is 0.804. The molecule has 1 atom stereocenters. The Hall–Kier alpha value is -1.14. The quantitative estimate of drug-likeness (QED) is 0.871. The second kappa shape index (κ2) is 5.81. The first kappa shape index (κ1) is 14.5. The van der Waals surface area contributed by atoms with Gasteiger partial charge in [0.1, 0.15) is 0 Å². The van der Waals surface area contributed by atoms with Crippen LogP contribution in [0.15, 0.2) is 0 Å². The largest absolute Gasteiger partial charge is 0.348 e. The summed E-state index contributed by atoms with van der Waals surface area (Å²) in [6.07, 6.45) is 5.45. The third-order valence-electron chi connectivity index (χ3n) is 5.04. The Morgan fingerprint density at radius 1 is 1.18 bits per heavy atom. The van der Waals surface area contributed by atoms with E-state index in [-0.39, 0.29) is 0 Å². The number of aryl methyl sites for hydroxylation is 2. The molecule has 0 bridgehead atoms. The van der Waals surface area contributed by atoms with Crippen LogP contribution < -0.4 is 4.90 Å². The molecular formula is C16H25N5S. The van der Waals surface area contributed by atoms with Crippen LogP contribution in [0.5, 0.6) is 0 Å². The van der Waals surface area contributed by atoms with Crippen molar-refractivity contribution in [1.29, 1.82) is 0 Å². The zero-order chi connectivity index (χ0) is 15.1. The number of anilines is 1. The number of hydrogen-bond acceptors (Lipinski definition) is 5. The summed E-state index contributed by atoms with van der Waals surface area (Å²) in [4.78, 5) is 10.0. The second-order valence-electron chi connectivity index (χ2n) is 6.82. The van der Waals surface area contributed by atoms with Crippen molar-refractivity contribution in [2.45, 2.75) is 32.6 Å². The second-order valence-corrected chi connectivity index (χ2v) is 7.80. The van der Waals surface area contributed by atoms with E-state index >= 15 is 0 Å². The van der Waals surface area contributed by atoms with Crippen molar-refractivity contribution < 1.29 is 0 Å². The molecule has 0 radical (unpaired) electrons. The zero-order valence-electron chi connectivity index (χ0n) is 13.6. The number of piperidine rings is 1. The van der Waals surface area contributed by atoms with Gasteiger partial charge in [0.25, 0.3) is 0 Å². The van der Waals surface area contributed by atoms with Gasteiger partial charge in [-0.25, -0.2) is 9.67 Å². The van der Waals surface area contributed by atoms with Crippen LogP contribution in [0.4, 0.5) is 5.13 Å². The average Bonchev–Trinajstić information content (AvgIpc) is 3.20. The first-order chi connectivity index (χ1) is 10.7. The van der Waals surface area contributed by atoms with Crippen LogP contribution in [0.1, 0.15) is 31.4 Å². The van der Waals surface area contributed by atoms with Crippen molar-refractivity contribution in [1.82, 2.24) is 19.7 Å². The van der Waals surface area contributed by atoms with Crippen LogP contribution >= 0.6 is 11.3 Å². The molecule has 2 fully saturated rings. The van der Waals surface area contributed by atoms with Gasteiger partial charge in [0.2, 0.25) is 0 Å². The van der Waals surface area contributed by atoms with Crippen molar-refractivity contribution in [3.63, 3.8) is 0 Å². The van der Waals surface area contributed by atoms with E-state index in [4.69, 9.17) is 4.98 Å². The Morgan fingerprint density at radius 2 is 2.00 bits per heavy atom. The number of thiazole rings is 1. The van der Waals surface area contributed by atoms with E-state index in [1.54, 1.807) is 0 Å². The Balaban J connectivity index is 1.49. The molecule has 2 aliphatic heterocycles. The summed E-state index contributed by atoms with van der Waals surface area (Å²) in [6.45, 7) is 8.30. The van der Waals surface area contributed by atoms with Crippen molar-refractivity contribution in [2.24, 2.45) is 13.0 Å². The Bertz CT molecular complexity index is 620. The zero-order valence-corrected chi connectivity index (χ0v) is 14.4. The number of rotatable bonds is 3. The fraction of sp³-hybridized carbons (Fsp3) is 0.750. The van der Waals surface area contributed by atoms with Gasteiger partial charge in [0.15, 0.2) is 10.8 Å². The van der Waals surface area contributed by atoms with E-state index < -0.39 is 0 Å². The van der Waals surface area contributed by atoms with Crippen LogP contribution in [0.25, 0.3) is 10.3 Å². The lowest BCUT2D eigenvalue weighted by molar-refractivity contribution is 0.255. The molecular weight excluding hydrogens is 294 g/mol. The summed E-state index contributed by atoms with van der Waals surface area (Å²) in [7, 11) is 1.99. The van der Waals surface area contributed by atoms with Crippen molar-refractivity contribution in [3.8, 4) is 0 Å². The summed E-state index contributed by atoms with van der Waals surface area (Å²) in [5.41, 5.74) is 2.14. The molecule has 2 aromatic rings. The molecule has 0 spiro atoms. The van der Waals surface area contributed by atoms with Crippen LogP contribution in [0.2, 0.25) is 0 Å². The molecule has 1 unspecified atom stereocenters. The molecule has 0 aliphatic carbocycles. The van der Waals surface area contributed by atoms with Gasteiger partial charge in [-0.2, -0.15) is 5.10 Å². The third-order valence-corrected chi connectivity index (χ3v) is 6.25. The van der Waals surface area contributed by atoms with E-state index in [2.05, 4.69) is 21.8 Å². The van der Waals surface area contributed by atoms with Crippen LogP contribution in [0, 0.1) is 12.8 Å². The predicted molar refractivity (Wildman–Crippen MR) is 91.7 cm³/mol. The van der Waals surface area contributed by atoms with Crippen molar-refractivity contribution in [3.05, 3.63) is 5.69 Å². The molecule has 0 aromatic carbocycles. The fourth-order valence-electron chi connectivity index (χ4n) is 3.93. The number of likely N-dealkylation sites (tertiary alicyclic amines) is 1.